The summed E-state index contributed by atoms with van der Waals surface area (Å²) in [5.41, 5.74) is 4.83. The van der Waals surface area contributed by atoms with Crippen molar-refractivity contribution in [3.63, 3.8) is 0 Å². The summed E-state index contributed by atoms with van der Waals surface area (Å²) in [7, 11) is 1.95. The summed E-state index contributed by atoms with van der Waals surface area (Å²) in [6, 6.07) is 0. The number of aliphatic hydroxyl groups is 1. The largest absolute Gasteiger partial charge is 0.393 e. The summed E-state index contributed by atoms with van der Waals surface area (Å²) in [5.74, 6) is 0.197. The average Bonchev–Trinajstić information content (AvgIpc) is 1.81. The summed E-state index contributed by atoms with van der Waals surface area (Å²) in [4.78, 5) is 2.56. The van der Waals surface area contributed by atoms with E-state index in [0.717, 1.165) is 6.54 Å². The Hall–Kier alpha value is -0.190. The van der Waals surface area contributed by atoms with Gasteiger partial charge < -0.3 is 15.7 Å². The maximum atomic E-state index is 9.53. The fourth-order valence-electron chi connectivity index (χ4n) is 1.28. The summed E-state index contributed by atoms with van der Waals surface area (Å²) in [6.07, 6.45) is 0. The van der Waals surface area contributed by atoms with Crippen LogP contribution in [0.5, 0.6) is 0 Å². The van der Waals surface area contributed by atoms with Gasteiger partial charge in [0.25, 0.3) is 0 Å². The monoisotopic (exact) mass is 204 g/mol. The van der Waals surface area contributed by atoms with E-state index >= 15 is 0 Å². The average molecular weight is 204 g/mol. The second-order valence-corrected chi connectivity index (χ2v) is 4.78. The minimum Gasteiger partial charge on any atom is -0.393 e. The normalized spacial score (nSPS) is 14.6. The Balaban J connectivity index is 3.88. The molecule has 0 aliphatic heterocycles. The van der Waals surface area contributed by atoms with Gasteiger partial charge in [0.1, 0.15) is 0 Å². The molecular formula is C9H20N2OS. The van der Waals surface area contributed by atoms with Crippen LogP contribution < -0.4 is 5.73 Å². The van der Waals surface area contributed by atoms with Crippen LogP contribution in [0.2, 0.25) is 0 Å². The number of likely N-dealkylation sites (N-methyl/N-ethyl adjacent to an activating group) is 1. The van der Waals surface area contributed by atoms with Crippen molar-refractivity contribution < 1.29 is 5.11 Å². The maximum Gasteiger partial charge on any atom is 0.0768 e. The van der Waals surface area contributed by atoms with E-state index in [1.165, 1.54) is 0 Å². The molecule has 0 aliphatic carbocycles. The number of thiocarbonyl (C=S) groups is 1. The topological polar surface area (TPSA) is 49.5 Å². The third kappa shape index (κ3) is 6.93. The van der Waals surface area contributed by atoms with Crippen molar-refractivity contribution >= 4 is 17.2 Å². The summed E-state index contributed by atoms with van der Waals surface area (Å²) in [5, 5.41) is 9.53. The fraction of sp³-hybridized carbons (Fsp3) is 0.889. The Labute approximate surface area is 85.9 Å². The molecular weight excluding hydrogens is 184 g/mol. The van der Waals surface area contributed by atoms with Gasteiger partial charge in [-0.1, -0.05) is 19.1 Å². The molecule has 0 aromatic rings. The highest BCUT2D eigenvalue weighted by Gasteiger charge is 2.17. The number of hydrogen-bond donors (Lipinski definition) is 2. The van der Waals surface area contributed by atoms with Gasteiger partial charge in [-0.05, 0) is 20.9 Å². The lowest BCUT2D eigenvalue weighted by molar-refractivity contribution is 0.0430. The first kappa shape index (κ1) is 12.8. The molecule has 0 rings (SSSR count). The lowest BCUT2D eigenvalue weighted by Crippen LogP contribution is -2.40. The minimum absolute atomic E-state index is 0.197. The molecule has 0 saturated heterocycles. The SMILES string of the molecule is CC(CN(C)CC(C)(C)O)C(N)=S. The van der Waals surface area contributed by atoms with Crippen molar-refractivity contribution in [2.75, 3.05) is 20.1 Å². The van der Waals surface area contributed by atoms with Crippen LogP contribution in [0.4, 0.5) is 0 Å². The lowest BCUT2D eigenvalue weighted by Gasteiger charge is -2.27. The summed E-state index contributed by atoms with van der Waals surface area (Å²) < 4.78 is 0. The highest BCUT2D eigenvalue weighted by Crippen LogP contribution is 2.05. The Bertz CT molecular complexity index is 177. The quantitative estimate of drug-likeness (QED) is 0.644. The zero-order chi connectivity index (χ0) is 10.6. The van der Waals surface area contributed by atoms with E-state index < -0.39 is 5.60 Å². The van der Waals surface area contributed by atoms with Crippen LogP contribution in [0.15, 0.2) is 0 Å². The van der Waals surface area contributed by atoms with Crippen molar-refractivity contribution in [2.45, 2.75) is 26.4 Å². The minimum atomic E-state index is -0.662. The van der Waals surface area contributed by atoms with Gasteiger partial charge in [-0.3, -0.25) is 0 Å². The van der Waals surface area contributed by atoms with Crippen LogP contribution in [-0.2, 0) is 0 Å². The van der Waals surface area contributed by atoms with Gasteiger partial charge >= 0.3 is 0 Å². The Morgan fingerprint density at radius 3 is 2.38 bits per heavy atom. The molecule has 0 bridgehead atoms. The predicted molar refractivity (Wildman–Crippen MR) is 59.7 cm³/mol. The van der Waals surface area contributed by atoms with Crippen molar-refractivity contribution in [1.82, 2.24) is 4.90 Å². The van der Waals surface area contributed by atoms with Crippen molar-refractivity contribution in [1.29, 1.82) is 0 Å². The molecule has 78 valence electrons. The van der Waals surface area contributed by atoms with Crippen LogP contribution in [-0.4, -0.2) is 40.7 Å². The molecule has 0 aromatic carbocycles. The van der Waals surface area contributed by atoms with Gasteiger partial charge in [-0.2, -0.15) is 0 Å². The van der Waals surface area contributed by atoms with E-state index in [2.05, 4.69) is 0 Å². The van der Waals surface area contributed by atoms with Gasteiger partial charge in [0.15, 0.2) is 0 Å². The number of hydrogen-bond acceptors (Lipinski definition) is 3. The molecule has 0 spiro atoms. The third-order valence-corrected chi connectivity index (χ3v) is 2.13. The van der Waals surface area contributed by atoms with E-state index in [1.807, 2.05) is 18.9 Å². The van der Waals surface area contributed by atoms with Gasteiger partial charge in [-0.25, -0.2) is 0 Å². The Kier molecular flexibility index (Phi) is 4.81. The van der Waals surface area contributed by atoms with Crippen molar-refractivity contribution in [3.05, 3.63) is 0 Å². The Morgan fingerprint density at radius 2 is 2.08 bits per heavy atom. The number of nitrogens with zero attached hydrogens (tertiary/aromatic N) is 1. The number of nitrogens with two attached hydrogens (primary N) is 1. The lowest BCUT2D eigenvalue weighted by atomic mass is 10.1. The van der Waals surface area contributed by atoms with Crippen LogP contribution in [0.3, 0.4) is 0 Å². The molecule has 13 heavy (non-hydrogen) atoms. The van der Waals surface area contributed by atoms with Crippen molar-refractivity contribution in [3.8, 4) is 0 Å². The highest BCUT2D eigenvalue weighted by molar-refractivity contribution is 7.80. The Morgan fingerprint density at radius 1 is 1.62 bits per heavy atom. The predicted octanol–water partition coefficient (Wildman–Crippen LogP) is 0.611. The first-order valence-corrected chi connectivity index (χ1v) is 4.83. The highest BCUT2D eigenvalue weighted by atomic mass is 32.1. The maximum absolute atomic E-state index is 9.53. The first-order valence-electron chi connectivity index (χ1n) is 4.42. The fourth-order valence-corrected chi connectivity index (χ4v) is 1.36. The van der Waals surface area contributed by atoms with Crippen LogP contribution >= 0.6 is 12.2 Å². The molecule has 0 radical (unpaired) electrons. The zero-order valence-electron chi connectivity index (χ0n) is 8.87. The number of rotatable bonds is 5. The third-order valence-electron chi connectivity index (χ3n) is 1.73. The molecule has 1 unspecified atom stereocenters. The van der Waals surface area contributed by atoms with Gasteiger partial charge in [0, 0.05) is 19.0 Å². The molecule has 3 N–H and O–H groups in total. The second-order valence-electron chi connectivity index (χ2n) is 4.31. The zero-order valence-corrected chi connectivity index (χ0v) is 9.69. The van der Waals surface area contributed by atoms with E-state index in [1.54, 1.807) is 13.8 Å². The van der Waals surface area contributed by atoms with Crippen LogP contribution in [0, 0.1) is 5.92 Å². The summed E-state index contributed by atoms with van der Waals surface area (Å²) in [6.45, 7) is 6.98. The molecule has 4 heteroatoms. The van der Waals surface area contributed by atoms with Crippen molar-refractivity contribution in [2.24, 2.45) is 11.7 Å². The molecule has 0 aromatic heterocycles. The molecule has 0 fully saturated rings. The second kappa shape index (κ2) is 4.88. The van der Waals surface area contributed by atoms with E-state index in [9.17, 15) is 5.11 Å². The molecule has 3 nitrogen and oxygen atoms in total. The van der Waals surface area contributed by atoms with Gasteiger partial charge in [0.2, 0.25) is 0 Å². The first-order chi connectivity index (χ1) is 5.72. The standard InChI is InChI=1S/C9H20N2OS/c1-7(8(10)13)5-11(4)6-9(2,3)12/h7,12H,5-6H2,1-4H3,(H2,10,13). The van der Waals surface area contributed by atoms with E-state index in [-0.39, 0.29) is 5.92 Å². The molecule has 0 amide bonds. The molecule has 0 saturated carbocycles. The molecule has 1 atom stereocenters. The van der Waals surface area contributed by atoms with Crippen LogP contribution in [0.25, 0.3) is 0 Å². The molecule has 0 heterocycles. The smallest absolute Gasteiger partial charge is 0.0768 e. The van der Waals surface area contributed by atoms with E-state index in [4.69, 9.17) is 18.0 Å². The van der Waals surface area contributed by atoms with Crippen LogP contribution in [0.1, 0.15) is 20.8 Å². The summed E-state index contributed by atoms with van der Waals surface area (Å²) >= 11 is 4.87. The molecule has 0 aliphatic rings. The van der Waals surface area contributed by atoms with Gasteiger partial charge in [0.05, 0.1) is 10.6 Å². The van der Waals surface area contributed by atoms with Gasteiger partial charge in [-0.15, -0.1) is 0 Å². The van der Waals surface area contributed by atoms with E-state index in [0.29, 0.717) is 11.5 Å².